The number of rotatable bonds is 4. The zero-order valence-corrected chi connectivity index (χ0v) is 11.9. The Morgan fingerprint density at radius 3 is 3.16 bits per heavy atom. The van der Waals surface area contributed by atoms with Crippen molar-refractivity contribution < 1.29 is 4.79 Å². The predicted molar refractivity (Wildman–Crippen MR) is 77.2 cm³/mol. The normalized spacial score (nSPS) is 20.2. The number of halogens is 1. The van der Waals surface area contributed by atoms with Crippen LogP contribution in [0, 0.1) is 0 Å². The Kier molecular flexibility index (Phi) is 5.19. The molecule has 1 saturated heterocycles. The number of piperazine rings is 1. The van der Waals surface area contributed by atoms with E-state index in [0.717, 1.165) is 25.2 Å². The molecule has 4 nitrogen and oxygen atoms in total. The zero-order chi connectivity index (χ0) is 13.7. The molecule has 0 radical (unpaired) electrons. The van der Waals surface area contributed by atoms with Crippen LogP contribution < -0.4 is 10.6 Å². The smallest absolute Gasteiger partial charge is 0.234 e. The molecule has 0 spiro atoms. The molecule has 1 aliphatic heterocycles. The van der Waals surface area contributed by atoms with Crippen molar-refractivity contribution in [2.24, 2.45) is 0 Å². The minimum absolute atomic E-state index is 0.0636. The number of hydrogen-bond donors (Lipinski definition) is 2. The summed E-state index contributed by atoms with van der Waals surface area (Å²) >= 11 is 5.91. The monoisotopic (exact) mass is 281 g/mol. The van der Waals surface area contributed by atoms with Gasteiger partial charge in [0.05, 0.1) is 6.54 Å². The number of hydrogen-bond acceptors (Lipinski definition) is 3. The minimum atomic E-state index is 0.0636. The van der Waals surface area contributed by atoms with Crippen LogP contribution in [0.3, 0.4) is 0 Å². The summed E-state index contributed by atoms with van der Waals surface area (Å²) in [5.41, 5.74) is 1.02. The summed E-state index contributed by atoms with van der Waals surface area (Å²) < 4.78 is 0. The summed E-state index contributed by atoms with van der Waals surface area (Å²) in [7, 11) is 0. The molecule has 1 aliphatic rings. The Balaban J connectivity index is 1.78. The topological polar surface area (TPSA) is 44.4 Å². The van der Waals surface area contributed by atoms with Gasteiger partial charge in [0.25, 0.3) is 0 Å². The van der Waals surface area contributed by atoms with Crippen molar-refractivity contribution in [1.82, 2.24) is 15.5 Å². The molecule has 1 heterocycles. The lowest BCUT2D eigenvalue weighted by molar-refractivity contribution is -0.123. The second-order valence-corrected chi connectivity index (χ2v) is 5.37. The van der Waals surface area contributed by atoms with E-state index in [-0.39, 0.29) is 5.91 Å². The highest BCUT2D eigenvalue weighted by Gasteiger charge is 2.19. The van der Waals surface area contributed by atoms with E-state index in [1.54, 1.807) is 0 Å². The van der Waals surface area contributed by atoms with Crippen LogP contribution in [0.2, 0.25) is 5.02 Å². The summed E-state index contributed by atoms with van der Waals surface area (Å²) in [6, 6.07) is 7.96. The summed E-state index contributed by atoms with van der Waals surface area (Å²) in [6.45, 7) is 5.94. The molecule has 1 fully saturated rings. The summed E-state index contributed by atoms with van der Waals surface area (Å²) in [6.07, 6.45) is 0. The van der Waals surface area contributed by atoms with E-state index in [2.05, 4.69) is 22.5 Å². The molecule has 1 aromatic carbocycles. The molecule has 1 amide bonds. The molecule has 0 aromatic heterocycles. The Morgan fingerprint density at radius 1 is 1.58 bits per heavy atom. The van der Waals surface area contributed by atoms with Gasteiger partial charge >= 0.3 is 0 Å². The van der Waals surface area contributed by atoms with Crippen LogP contribution >= 0.6 is 11.6 Å². The third-order valence-electron chi connectivity index (χ3n) is 3.36. The highest BCUT2D eigenvalue weighted by Crippen LogP contribution is 2.10. The third-order valence-corrected chi connectivity index (χ3v) is 3.60. The molecule has 0 aliphatic carbocycles. The lowest BCUT2D eigenvalue weighted by Crippen LogP contribution is -2.52. The van der Waals surface area contributed by atoms with Crippen LogP contribution in [-0.4, -0.2) is 43.0 Å². The Bertz CT molecular complexity index is 438. The number of nitrogens with zero attached hydrogens (tertiary/aromatic N) is 1. The summed E-state index contributed by atoms with van der Waals surface area (Å²) in [5, 5.41) is 6.94. The van der Waals surface area contributed by atoms with Gasteiger partial charge in [0.2, 0.25) is 5.91 Å². The van der Waals surface area contributed by atoms with Crippen LogP contribution in [0.4, 0.5) is 0 Å². The Labute approximate surface area is 119 Å². The zero-order valence-electron chi connectivity index (χ0n) is 11.2. The molecule has 2 rings (SSSR count). The van der Waals surface area contributed by atoms with Crippen molar-refractivity contribution >= 4 is 17.5 Å². The highest BCUT2D eigenvalue weighted by atomic mass is 35.5. The van der Waals surface area contributed by atoms with Crippen molar-refractivity contribution in [3.63, 3.8) is 0 Å². The van der Waals surface area contributed by atoms with E-state index in [1.165, 1.54) is 0 Å². The molecule has 19 heavy (non-hydrogen) atoms. The van der Waals surface area contributed by atoms with Crippen LogP contribution in [-0.2, 0) is 11.3 Å². The second kappa shape index (κ2) is 6.89. The first-order valence-corrected chi connectivity index (χ1v) is 6.99. The van der Waals surface area contributed by atoms with Gasteiger partial charge in [-0.3, -0.25) is 9.69 Å². The van der Waals surface area contributed by atoms with Crippen LogP contribution in [0.5, 0.6) is 0 Å². The SMILES string of the molecule is C[C@H]1CNCCN1CC(=O)NCc1cccc(Cl)c1. The molecule has 1 atom stereocenters. The average Bonchev–Trinajstić information content (AvgIpc) is 2.39. The van der Waals surface area contributed by atoms with Crippen molar-refractivity contribution in [2.45, 2.75) is 19.5 Å². The average molecular weight is 282 g/mol. The lowest BCUT2D eigenvalue weighted by Gasteiger charge is -2.33. The molecule has 0 unspecified atom stereocenters. The number of carbonyl (C=O) groups is 1. The first-order valence-electron chi connectivity index (χ1n) is 6.61. The minimum Gasteiger partial charge on any atom is -0.351 e. The fourth-order valence-electron chi connectivity index (χ4n) is 2.21. The first kappa shape index (κ1) is 14.3. The number of carbonyl (C=O) groups excluding carboxylic acids is 1. The number of nitrogens with one attached hydrogen (secondary N) is 2. The van der Waals surface area contributed by atoms with Gasteiger partial charge in [-0.2, -0.15) is 0 Å². The van der Waals surface area contributed by atoms with Crippen molar-refractivity contribution in [3.05, 3.63) is 34.9 Å². The van der Waals surface area contributed by atoms with Crippen LogP contribution in [0.1, 0.15) is 12.5 Å². The van der Waals surface area contributed by atoms with E-state index in [0.29, 0.717) is 24.2 Å². The van der Waals surface area contributed by atoms with Gasteiger partial charge in [-0.05, 0) is 24.6 Å². The van der Waals surface area contributed by atoms with Crippen LogP contribution in [0.15, 0.2) is 24.3 Å². The van der Waals surface area contributed by atoms with Gasteiger partial charge in [0.1, 0.15) is 0 Å². The summed E-state index contributed by atoms with van der Waals surface area (Å²) in [4.78, 5) is 14.1. The third kappa shape index (κ3) is 4.49. The van der Waals surface area contributed by atoms with Crippen molar-refractivity contribution in [1.29, 1.82) is 0 Å². The summed E-state index contributed by atoms with van der Waals surface area (Å²) in [5.74, 6) is 0.0636. The molecular weight excluding hydrogens is 262 g/mol. The standard InChI is InChI=1S/C14H20ClN3O/c1-11-8-16-5-6-18(11)10-14(19)17-9-12-3-2-4-13(15)7-12/h2-4,7,11,16H,5-6,8-10H2,1H3,(H,17,19)/t11-/m0/s1. The maximum Gasteiger partial charge on any atom is 0.234 e. The number of benzene rings is 1. The van der Waals surface area contributed by atoms with E-state index in [1.807, 2.05) is 24.3 Å². The molecule has 1 aromatic rings. The first-order chi connectivity index (χ1) is 9.15. The quantitative estimate of drug-likeness (QED) is 0.873. The Hall–Kier alpha value is -1.10. The van der Waals surface area contributed by atoms with Gasteiger partial charge < -0.3 is 10.6 Å². The van der Waals surface area contributed by atoms with Gasteiger partial charge in [0, 0.05) is 37.2 Å². The van der Waals surface area contributed by atoms with E-state index in [4.69, 9.17) is 11.6 Å². The maximum atomic E-state index is 11.9. The van der Waals surface area contributed by atoms with Crippen LogP contribution in [0.25, 0.3) is 0 Å². The molecular formula is C14H20ClN3O. The van der Waals surface area contributed by atoms with Crippen molar-refractivity contribution in [2.75, 3.05) is 26.2 Å². The van der Waals surface area contributed by atoms with Gasteiger partial charge in [0.15, 0.2) is 0 Å². The molecule has 5 heteroatoms. The molecule has 0 bridgehead atoms. The van der Waals surface area contributed by atoms with Gasteiger partial charge in [-0.15, -0.1) is 0 Å². The highest BCUT2D eigenvalue weighted by molar-refractivity contribution is 6.30. The van der Waals surface area contributed by atoms with Crippen molar-refractivity contribution in [3.8, 4) is 0 Å². The van der Waals surface area contributed by atoms with E-state index < -0.39 is 0 Å². The molecule has 104 valence electrons. The number of amides is 1. The molecule has 0 saturated carbocycles. The predicted octanol–water partition coefficient (Wildman–Crippen LogP) is 1.25. The van der Waals surface area contributed by atoms with E-state index in [9.17, 15) is 4.79 Å². The molecule has 2 N–H and O–H groups in total. The largest absolute Gasteiger partial charge is 0.351 e. The fourth-order valence-corrected chi connectivity index (χ4v) is 2.42. The maximum absolute atomic E-state index is 11.9. The fraction of sp³-hybridized carbons (Fsp3) is 0.500. The van der Waals surface area contributed by atoms with E-state index >= 15 is 0 Å². The van der Waals surface area contributed by atoms with Gasteiger partial charge in [-0.1, -0.05) is 23.7 Å². The second-order valence-electron chi connectivity index (χ2n) is 4.93. The lowest BCUT2D eigenvalue weighted by atomic mass is 10.2. The Morgan fingerprint density at radius 2 is 2.42 bits per heavy atom. The van der Waals surface area contributed by atoms with Gasteiger partial charge in [-0.25, -0.2) is 0 Å².